The van der Waals surface area contributed by atoms with Crippen LogP contribution in [0.25, 0.3) is 0 Å². The maximum Gasteiger partial charge on any atom is 0.345 e. The van der Waals surface area contributed by atoms with E-state index >= 15 is 0 Å². The number of nitriles is 1. The van der Waals surface area contributed by atoms with Gasteiger partial charge in [0.25, 0.3) is 0 Å². The number of aromatic carboxylic acids is 1. The molecule has 1 heterocycles. The monoisotopic (exact) mass is 258 g/mol. The third kappa shape index (κ3) is 2.87. The van der Waals surface area contributed by atoms with Gasteiger partial charge in [0.1, 0.15) is 4.88 Å². The van der Waals surface area contributed by atoms with E-state index in [1.54, 1.807) is 24.3 Å². The first-order chi connectivity index (χ1) is 8.69. The second kappa shape index (κ2) is 5.34. The van der Waals surface area contributed by atoms with Crippen molar-refractivity contribution in [3.8, 4) is 6.07 Å². The number of nitrogens with zero attached hydrogens (tertiary/aromatic N) is 1. The summed E-state index contributed by atoms with van der Waals surface area (Å²) in [7, 11) is 0. The summed E-state index contributed by atoms with van der Waals surface area (Å²) in [5.41, 5.74) is 1.52. The van der Waals surface area contributed by atoms with Crippen molar-refractivity contribution in [1.29, 1.82) is 5.26 Å². The SMILES string of the molecule is N#Cc1ccc(NCc2ccc(C(=O)O)s2)cc1. The van der Waals surface area contributed by atoms with Gasteiger partial charge in [0, 0.05) is 17.1 Å². The molecule has 0 unspecified atom stereocenters. The molecule has 2 rings (SSSR count). The Hall–Kier alpha value is -2.32. The van der Waals surface area contributed by atoms with Crippen LogP contribution in [-0.4, -0.2) is 11.1 Å². The smallest absolute Gasteiger partial charge is 0.345 e. The molecule has 18 heavy (non-hydrogen) atoms. The summed E-state index contributed by atoms with van der Waals surface area (Å²) in [5.74, 6) is -0.898. The topological polar surface area (TPSA) is 73.1 Å². The molecule has 0 aliphatic rings. The number of rotatable bonds is 4. The van der Waals surface area contributed by atoms with Gasteiger partial charge in [-0.3, -0.25) is 0 Å². The summed E-state index contributed by atoms with van der Waals surface area (Å²) in [6.45, 7) is 0.573. The van der Waals surface area contributed by atoms with Crippen LogP contribution in [0, 0.1) is 11.3 Å². The molecule has 0 radical (unpaired) electrons. The minimum Gasteiger partial charge on any atom is -0.477 e. The van der Waals surface area contributed by atoms with Gasteiger partial charge in [-0.1, -0.05) is 0 Å². The first kappa shape index (κ1) is 12.1. The van der Waals surface area contributed by atoms with Crippen molar-refractivity contribution >= 4 is 23.0 Å². The third-order valence-corrected chi connectivity index (χ3v) is 3.43. The predicted octanol–water partition coefficient (Wildman–Crippen LogP) is 2.93. The zero-order valence-electron chi connectivity index (χ0n) is 9.38. The van der Waals surface area contributed by atoms with Crippen LogP contribution in [0.4, 0.5) is 5.69 Å². The first-order valence-electron chi connectivity index (χ1n) is 5.25. The second-order valence-electron chi connectivity index (χ2n) is 3.61. The van der Waals surface area contributed by atoms with Crippen molar-refractivity contribution in [3.63, 3.8) is 0 Å². The van der Waals surface area contributed by atoms with Crippen LogP contribution in [0.2, 0.25) is 0 Å². The number of nitrogens with one attached hydrogen (secondary N) is 1. The lowest BCUT2D eigenvalue weighted by molar-refractivity contribution is 0.0702. The molecule has 0 atom stereocenters. The Labute approximate surface area is 108 Å². The summed E-state index contributed by atoms with van der Waals surface area (Å²) >= 11 is 1.25. The highest BCUT2D eigenvalue weighted by Crippen LogP contribution is 2.18. The van der Waals surface area contributed by atoms with Crippen LogP contribution in [0.3, 0.4) is 0 Å². The lowest BCUT2D eigenvalue weighted by Gasteiger charge is -2.04. The minimum absolute atomic E-state index is 0.339. The average molecular weight is 258 g/mol. The molecule has 0 aliphatic carbocycles. The normalized spacial score (nSPS) is 9.72. The number of anilines is 1. The average Bonchev–Trinajstić information content (AvgIpc) is 2.86. The lowest BCUT2D eigenvalue weighted by Crippen LogP contribution is -1.97. The molecule has 0 bridgehead atoms. The van der Waals surface area contributed by atoms with Crippen molar-refractivity contribution in [1.82, 2.24) is 0 Å². The van der Waals surface area contributed by atoms with E-state index < -0.39 is 5.97 Å². The van der Waals surface area contributed by atoms with Crippen LogP contribution < -0.4 is 5.32 Å². The van der Waals surface area contributed by atoms with Gasteiger partial charge in [0.15, 0.2) is 0 Å². The van der Waals surface area contributed by atoms with Crippen molar-refractivity contribution < 1.29 is 9.90 Å². The summed E-state index contributed by atoms with van der Waals surface area (Å²) < 4.78 is 0. The molecular formula is C13H10N2O2S. The minimum atomic E-state index is -0.898. The maximum atomic E-state index is 10.7. The van der Waals surface area contributed by atoms with E-state index in [1.165, 1.54) is 11.3 Å². The number of carboxylic acid groups (broad SMARTS) is 1. The van der Waals surface area contributed by atoms with E-state index in [0.29, 0.717) is 17.0 Å². The van der Waals surface area contributed by atoms with Gasteiger partial charge >= 0.3 is 5.97 Å². The third-order valence-electron chi connectivity index (χ3n) is 2.35. The van der Waals surface area contributed by atoms with Gasteiger partial charge in [-0.05, 0) is 36.4 Å². The van der Waals surface area contributed by atoms with Gasteiger partial charge in [-0.25, -0.2) is 4.79 Å². The largest absolute Gasteiger partial charge is 0.477 e. The summed E-state index contributed by atoms with van der Waals surface area (Å²) in [5, 5.41) is 20.6. The summed E-state index contributed by atoms with van der Waals surface area (Å²) in [6, 6.07) is 12.6. The van der Waals surface area contributed by atoms with Gasteiger partial charge in [-0.2, -0.15) is 5.26 Å². The van der Waals surface area contributed by atoms with Crippen LogP contribution >= 0.6 is 11.3 Å². The molecule has 5 heteroatoms. The highest BCUT2D eigenvalue weighted by atomic mass is 32.1. The summed E-state index contributed by atoms with van der Waals surface area (Å²) in [6.07, 6.45) is 0. The van der Waals surface area contributed by atoms with Gasteiger partial charge in [0.2, 0.25) is 0 Å². The van der Waals surface area contributed by atoms with Gasteiger partial charge in [0.05, 0.1) is 11.6 Å². The molecule has 0 fully saturated rings. The fourth-order valence-corrected chi connectivity index (χ4v) is 2.23. The fraction of sp³-hybridized carbons (Fsp3) is 0.0769. The van der Waals surface area contributed by atoms with Crippen molar-refractivity contribution in [2.45, 2.75) is 6.54 Å². The van der Waals surface area contributed by atoms with Crippen LogP contribution in [-0.2, 0) is 6.54 Å². The number of thiophene rings is 1. The zero-order chi connectivity index (χ0) is 13.0. The zero-order valence-corrected chi connectivity index (χ0v) is 10.2. The Morgan fingerprint density at radius 3 is 2.56 bits per heavy atom. The van der Waals surface area contributed by atoms with E-state index in [-0.39, 0.29) is 0 Å². The number of carboxylic acids is 1. The number of hydrogen-bond acceptors (Lipinski definition) is 4. The molecule has 0 aliphatic heterocycles. The Kier molecular flexibility index (Phi) is 3.60. The van der Waals surface area contributed by atoms with E-state index in [0.717, 1.165) is 10.6 Å². The highest BCUT2D eigenvalue weighted by Gasteiger charge is 2.06. The van der Waals surface area contributed by atoms with E-state index in [2.05, 4.69) is 11.4 Å². The molecule has 0 amide bonds. The van der Waals surface area contributed by atoms with E-state index in [9.17, 15) is 4.79 Å². The first-order valence-corrected chi connectivity index (χ1v) is 6.07. The van der Waals surface area contributed by atoms with Crippen molar-refractivity contribution in [3.05, 3.63) is 51.7 Å². The molecular weight excluding hydrogens is 248 g/mol. The Morgan fingerprint density at radius 2 is 2.00 bits per heavy atom. The highest BCUT2D eigenvalue weighted by molar-refractivity contribution is 7.13. The molecule has 4 nitrogen and oxygen atoms in total. The molecule has 0 saturated heterocycles. The molecule has 1 aromatic carbocycles. The maximum absolute atomic E-state index is 10.7. The van der Waals surface area contributed by atoms with Crippen LogP contribution in [0.1, 0.15) is 20.1 Å². The van der Waals surface area contributed by atoms with Crippen molar-refractivity contribution in [2.24, 2.45) is 0 Å². The predicted molar refractivity (Wildman–Crippen MR) is 69.8 cm³/mol. The molecule has 0 saturated carbocycles. The number of hydrogen-bond donors (Lipinski definition) is 2. The molecule has 2 aromatic rings. The van der Waals surface area contributed by atoms with Gasteiger partial charge in [-0.15, -0.1) is 11.3 Å². The molecule has 90 valence electrons. The van der Waals surface area contributed by atoms with E-state index in [1.807, 2.05) is 12.1 Å². The number of benzene rings is 1. The molecule has 1 aromatic heterocycles. The molecule has 0 spiro atoms. The quantitative estimate of drug-likeness (QED) is 0.884. The van der Waals surface area contributed by atoms with Crippen LogP contribution in [0.15, 0.2) is 36.4 Å². The lowest BCUT2D eigenvalue weighted by atomic mass is 10.2. The second-order valence-corrected chi connectivity index (χ2v) is 4.78. The van der Waals surface area contributed by atoms with Crippen LogP contribution in [0.5, 0.6) is 0 Å². The Bertz CT molecular complexity index is 596. The Balaban J connectivity index is 1.98. The Morgan fingerprint density at radius 1 is 1.28 bits per heavy atom. The standard InChI is InChI=1S/C13H10N2O2S/c14-7-9-1-3-10(4-2-9)15-8-11-5-6-12(18-11)13(16)17/h1-6,15H,8H2,(H,16,17). The van der Waals surface area contributed by atoms with Crippen molar-refractivity contribution in [2.75, 3.05) is 5.32 Å². The summed E-state index contributed by atoms with van der Waals surface area (Å²) in [4.78, 5) is 12.0. The fourth-order valence-electron chi connectivity index (χ4n) is 1.44. The van der Waals surface area contributed by atoms with Gasteiger partial charge < -0.3 is 10.4 Å². The number of carbonyl (C=O) groups is 1. The van der Waals surface area contributed by atoms with E-state index in [4.69, 9.17) is 10.4 Å². The molecule has 2 N–H and O–H groups in total.